The molecule has 2 aromatic rings. The molecule has 1 aliphatic rings. The van der Waals surface area contributed by atoms with Crippen LogP contribution in [0.4, 0.5) is 15.8 Å². The van der Waals surface area contributed by atoms with Crippen molar-refractivity contribution in [1.29, 1.82) is 0 Å². The fraction of sp³-hybridized carbons (Fsp3) is 0.263. The lowest BCUT2D eigenvalue weighted by atomic mass is 10.1. The van der Waals surface area contributed by atoms with Gasteiger partial charge in [-0.2, -0.15) is 0 Å². The predicted molar refractivity (Wildman–Crippen MR) is 91.5 cm³/mol. The third-order valence-corrected chi connectivity index (χ3v) is 4.36. The van der Waals surface area contributed by atoms with Gasteiger partial charge in [-0.05, 0) is 30.7 Å². The van der Waals surface area contributed by atoms with Crippen LogP contribution in [0.25, 0.3) is 0 Å². The minimum absolute atomic E-state index is 0.0384. The Hall–Kier alpha value is -2.69. The van der Waals surface area contributed by atoms with E-state index in [-0.39, 0.29) is 30.7 Å². The average Bonchev–Trinajstić information content (AvgIpc) is 2.65. The van der Waals surface area contributed by atoms with Gasteiger partial charge in [-0.25, -0.2) is 4.39 Å². The Bertz CT molecular complexity index is 790. The number of halogens is 1. The van der Waals surface area contributed by atoms with E-state index >= 15 is 0 Å². The smallest absolute Gasteiger partial charge is 0.231 e. The van der Waals surface area contributed by atoms with E-state index in [0.29, 0.717) is 16.9 Å². The van der Waals surface area contributed by atoms with Crippen molar-refractivity contribution >= 4 is 23.2 Å². The molecule has 2 amide bonds. The molecule has 4 nitrogen and oxygen atoms in total. The van der Waals surface area contributed by atoms with Gasteiger partial charge in [0.2, 0.25) is 11.8 Å². The summed E-state index contributed by atoms with van der Waals surface area (Å²) in [5, 5.41) is 0. The molecule has 2 aromatic carbocycles. The van der Waals surface area contributed by atoms with E-state index in [1.165, 1.54) is 6.07 Å². The van der Waals surface area contributed by atoms with Crippen molar-refractivity contribution in [3.05, 3.63) is 59.9 Å². The van der Waals surface area contributed by atoms with Crippen LogP contribution in [0.3, 0.4) is 0 Å². The molecule has 1 atom stereocenters. The Morgan fingerprint density at radius 2 is 1.75 bits per heavy atom. The van der Waals surface area contributed by atoms with Gasteiger partial charge < -0.3 is 9.80 Å². The van der Waals surface area contributed by atoms with Crippen molar-refractivity contribution < 1.29 is 14.0 Å². The lowest BCUT2D eigenvalue weighted by molar-refractivity contribution is -0.119. The molecule has 3 rings (SSSR count). The van der Waals surface area contributed by atoms with Gasteiger partial charge in [0.1, 0.15) is 5.82 Å². The number of carbonyl (C=O) groups is 2. The Morgan fingerprint density at radius 1 is 1.12 bits per heavy atom. The molecule has 0 unspecified atom stereocenters. The van der Waals surface area contributed by atoms with Crippen LogP contribution < -0.4 is 9.80 Å². The van der Waals surface area contributed by atoms with Gasteiger partial charge in [-0.1, -0.05) is 30.3 Å². The zero-order valence-corrected chi connectivity index (χ0v) is 13.7. The quantitative estimate of drug-likeness (QED) is 0.850. The summed E-state index contributed by atoms with van der Waals surface area (Å²) in [6.07, 6.45) is 0.192. The van der Waals surface area contributed by atoms with Gasteiger partial charge in [-0.15, -0.1) is 0 Å². The first kappa shape index (κ1) is 16.2. The molecule has 0 fully saturated rings. The third kappa shape index (κ3) is 2.89. The zero-order chi connectivity index (χ0) is 17.3. The number of hydrogen-bond donors (Lipinski definition) is 0. The van der Waals surface area contributed by atoms with Gasteiger partial charge in [0.25, 0.3) is 0 Å². The number of fused-ring (bicyclic) bond motifs is 1. The van der Waals surface area contributed by atoms with E-state index in [1.54, 1.807) is 35.0 Å². The van der Waals surface area contributed by atoms with Crippen molar-refractivity contribution in [3.63, 3.8) is 0 Å². The van der Waals surface area contributed by atoms with Crippen molar-refractivity contribution in [2.45, 2.75) is 25.8 Å². The molecule has 0 saturated carbocycles. The van der Waals surface area contributed by atoms with E-state index in [1.807, 2.05) is 31.2 Å². The van der Waals surface area contributed by atoms with Crippen molar-refractivity contribution in [1.82, 2.24) is 0 Å². The molecule has 24 heavy (non-hydrogen) atoms. The molecule has 0 radical (unpaired) electrons. The molecule has 5 heteroatoms. The topological polar surface area (TPSA) is 40.6 Å². The summed E-state index contributed by atoms with van der Waals surface area (Å²) >= 11 is 0. The fourth-order valence-electron chi connectivity index (χ4n) is 3.07. The minimum atomic E-state index is -0.394. The van der Waals surface area contributed by atoms with E-state index in [2.05, 4.69) is 0 Å². The molecular weight excluding hydrogens is 307 g/mol. The van der Waals surface area contributed by atoms with E-state index < -0.39 is 5.82 Å². The molecule has 0 spiro atoms. The largest absolute Gasteiger partial charge is 0.313 e. The second-order valence-electron chi connectivity index (χ2n) is 6.03. The van der Waals surface area contributed by atoms with Crippen LogP contribution in [-0.4, -0.2) is 24.9 Å². The summed E-state index contributed by atoms with van der Waals surface area (Å²) < 4.78 is 13.9. The molecule has 0 saturated heterocycles. The Labute approximate surface area is 140 Å². The van der Waals surface area contributed by atoms with Crippen LogP contribution in [0.2, 0.25) is 0 Å². The Morgan fingerprint density at radius 3 is 2.46 bits per heavy atom. The van der Waals surface area contributed by atoms with Gasteiger partial charge in [-0.3, -0.25) is 9.59 Å². The van der Waals surface area contributed by atoms with Crippen LogP contribution in [0.15, 0.2) is 48.5 Å². The van der Waals surface area contributed by atoms with Crippen LogP contribution in [0, 0.1) is 5.82 Å². The number of anilines is 2. The summed E-state index contributed by atoms with van der Waals surface area (Å²) in [6.45, 7) is 1.84. The average molecular weight is 326 g/mol. The highest BCUT2D eigenvalue weighted by molar-refractivity contribution is 6.05. The van der Waals surface area contributed by atoms with Crippen molar-refractivity contribution in [2.75, 3.05) is 16.8 Å². The molecule has 0 aliphatic carbocycles. The van der Waals surface area contributed by atoms with Crippen molar-refractivity contribution in [3.8, 4) is 0 Å². The predicted octanol–water partition coefficient (Wildman–Crippen LogP) is 3.16. The maximum atomic E-state index is 13.9. The first-order chi connectivity index (χ1) is 11.5. The zero-order valence-electron chi connectivity index (χ0n) is 13.7. The van der Waals surface area contributed by atoms with Gasteiger partial charge in [0.05, 0.1) is 17.8 Å². The summed E-state index contributed by atoms with van der Waals surface area (Å²) in [7, 11) is 1.71. The van der Waals surface area contributed by atoms with E-state index in [0.717, 1.165) is 0 Å². The lowest BCUT2D eigenvalue weighted by Gasteiger charge is -2.28. The van der Waals surface area contributed by atoms with Gasteiger partial charge in [0.15, 0.2) is 0 Å². The summed E-state index contributed by atoms with van der Waals surface area (Å²) in [5.74, 6) is -0.658. The number of para-hydroxylation sites is 2. The summed E-state index contributed by atoms with van der Waals surface area (Å²) in [6, 6.07) is 13.3. The fourth-order valence-corrected chi connectivity index (χ4v) is 3.07. The standard InChI is InChI=1S/C19H19FN2O2/c1-13-11-18(23)21(2)16-9-5-6-10-17(16)22(13)19(24)12-14-7-3-4-8-15(14)20/h3-10,13H,11-12H2,1-2H3/t13-/m0/s1. The van der Waals surface area contributed by atoms with Crippen molar-refractivity contribution in [2.24, 2.45) is 0 Å². The second kappa shape index (κ2) is 6.43. The number of rotatable bonds is 2. The maximum absolute atomic E-state index is 13.9. The second-order valence-corrected chi connectivity index (χ2v) is 6.03. The number of benzene rings is 2. The number of carbonyl (C=O) groups excluding carboxylic acids is 2. The van der Waals surface area contributed by atoms with E-state index in [9.17, 15) is 14.0 Å². The summed E-state index contributed by atoms with van der Waals surface area (Å²) in [5.41, 5.74) is 1.73. The van der Waals surface area contributed by atoms with Gasteiger partial charge in [0, 0.05) is 19.5 Å². The first-order valence-corrected chi connectivity index (χ1v) is 7.90. The molecule has 1 heterocycles. The molecule has 124 valence electrons. The minimum Gasteiger partial charge on any atom is -0.313 e. The molecule has 0 bridgehead atoms. The van der Waals surface area contributed by atoms with Crippen LogP contribution in [0.1, 0.15) is 18.9 Å². The van der Waals surface area contributed by atoms with E-state index in [4.69, 9.17) is 0 Å². The highest BCUT2D eigenvalue weighted by atomic mass is 19.1. The maximum Gasteiger partial charge on any atom is 0.231 e. The normalized spacial score (nSPS) is 17.5. The molecular formula is C19H19FN2O2. The number of nitrogens with zero attached hydrogens (tertiary/aromatic N) is 2. The Balaban J connectivity index is 1.99. The summed E-state index contributed by atoms with van der Waals surface area (Å²) in [4.78, 5) is 28.4. The number of amides is 2. The molecule has 0 N–H and O–H groups in total. The SMILES string of the molecule is C[C@H]1CC(=O)N(C)c2ccccc2N1C(=O)Cc1ccccc1F. The van der Waals surface area contributed by atoms with Crippen LogP contribution in [0.5, 0.6) is 0 Å². The highest BCUT2D eigenvalue weighted by Gasteiger charge is 2.32. The third-order valence-electron chi connectivity index (χ3n) is 4.36. The van der Waals surface area contributed by atoms with Crippen LogP contribution >= 0.6 is 0 Å². The van der Waals surface area contributed by atoms with Crippen LogP contribution in [-0.2, 0) is 16.0 Å². The number of hydrogen-bond acceptors (Lipinski definition) is 2. The van der Waals surface area contributed by atoms with Gasteiger partial charge >= 0.3 is 0 Å². The molecule has 0 aromatic heterocycles. The lowest BCUT2D eigenvalue weighted by Crippen LogP contribution is -2.40. The first-order valence-electron chi connectivity index (χ1n) is 7.90. The Kier molecular flexibility index (Phi) is 4.34. The molecule has 1 aliphatic heterocycles. The monoisotopic (exact) mass is 326 g/mol. The highest BCUT2D eigenvalue weighted by Crippen LogP contribution is 2.34.